The van der Waals surface area contributed by atoms with Crippen LogP contribution in [0.1, 0.15) is 16.6 Å². The van der Waals surface area contributed by atoms with E-state index in [0.717, 1.165) is 6.33 Å². The molecule has 2 saturated heterocycles. The van der Waals surface area contributed by atoms with Gasteiger partial charge in [-0.3, -0.25) is 13.6 Å². The summed E-state index contributed by atoms with van der Waals surface area (Å²) in [5.74, 6) is -0.859. The Bertz CT molecular complexity index is 1580. The molecule has 10 atom stereocenters. The zero-order valence-electron chi connectivity index (χ0n) is 22.2. The van der Waals surface area contributed by atoms with E-state index in [2.05, 4.69) is 23.8 Å². The van der Waals surface area contributed by atoms with Crippen molar-refractivity contribution in [3.8, 4) is 0 Å². The molecule has 240 valence electrons. The molecule has 0 spiro atoms. The number of benzene rings is 1. The normalized spacial score (nSPS) is 31.5. The number of imidazole rings is 1. The fourth-order valence-electron chi connectivity index (χ4n) is 4.43. The predicted molar refractivity (Wildman–Crippen MR) is 141 cm³/mol. The van der Waals surface area contributed by atoms with Crippen molar-refractivity contribution in [3.63, 3.8) is 0 Å². The molecule has 0 saturated carbocycles. The molecular weight excluding hydrogens is 636 g/mol. The number of aromatic nitrogens is 4. The lowest BCUT2D eigenvalue weighted by Gasteiger charge is -2.22. The average molecular weight is 663 g/mol. The standard InChI is InChI=1S/C22H27N5O15P2/c23-18-13-19(25-8-24-18)27(9-26-13)20-15(29)14(28)11(39-20)6-37-43(33,34)42-44(35,36)38-7-12-17(16(30)22(32)40-12)41-21(31)10-4-2-1-3-5-10/h1-5,8-9,11-12,14-17,20,22,28-30,32H,6-7H2,(H,33,34)(H,35,36)(H2,23,24,25)/t11-,12-,14-,15-,16-,17-,20-,22?/m1/s1. The lowest BCUT2D eigenvalue weighted by Crippen LogP contribution is -2.38. The van der Waals surface area contributed by atoms with Gasteiger partial charge in [0.1, 0.15) is 42.4 Å². The number of fused-ring (bicyclic) bond motifs is 1. The number of carbonyl (C=O) groups excluding carboxylic acids is 1. The van der Waals surface area contributed by atoms with E-state index < -0.39 is 84.0 Å². The van der Waals surface area contributed by atoms with Crippen molar-refractivity contribution in [3.05, 3.63) is 48.5 Å². The number of aliphatic hydroxyl groups is 4. The molecule has 2 aliphatic rings. The smallest absolute Gasteiger partial charge is 0.453 e. The average Bonchev–Trinajstić information content (AvgIpc) is 3.61. The van der Waals surface area contributed by atoms with Crippen molar-refractivity contribution >= 4 is 38.6 Å². The molecular formula is C22H27N5O15P2. The summed E-state index contributed by atoms with van der Waals surface area (Å²) in [4.78, 5) is 44.3. The highest BCUT2D eigenvalue weighted by atomic mass is 31.3. The van der Waals surface area contributed by atoms with Crippen molar-refractivity contribution in [2.45, 2.75) is 49.1 Å². The van der Waals surface area contributed by atoms with Gasteiger partial charge >= 0.3 is 21.6 Å². The third-order valence-electron chi connectivity index (χ3n) is 6.57. The quantitative estimate of drug-likeness (QED) is 0.0914. The van der Waals surface area contributed by atoms with Crippen molar-refractivity contribution in [1.82, 2.24) is 19.5 Å². The van der Waals surface area contributed by atoms with Gasteiger partial charge in [-0.05, 0) is 12.1 Å². The highest BCUT2D eigenvalue weighted by Crippen LogP contribution is 2.60. The Kier molecular flexibility index (Phi) is 9.45. The molecule has 2 aromatic heterocycles. The Morgan fingerprint density at radius 2 is 1.57 bits per heavy atom. The summed E-state index contributed by atoms with van der Waals surface area (Å²) >= 11 is 0. The predicted octanol–water partition coefficient (Wildman–Crippen LogP) is -1.42. The summed E-state index contributed by atoms with van der Waals surface area (Å²) in [5, 5.41) is 40.9. The maximum atomic E-state index is 12.4. The van der Waals surface area contributed by atoms with Gasteiger partial charge in [-0.2, -0.15) is 4.31 Å². The van der Waals surface area contributed by atoms with Gasteiger partial charge in [0.25, 0.3) is 0 Å². The van der Waals surface area contributed by atoms with Crippen molar-refractivity contribution in [2.75, 3.05) is 18.9 Å². The highest BCUT2D eigenvalue weighted by Gasteiger charge is 2.49. The summed E-state index contributed by atoms with van der Waals surface area (Å²) in [7, 11) is -10.8. The van der Waals surface area contributed by atoms with Crippen LogP contribution in [0.5, 0.6) is 0 Å². The molecule has 1 aromatic carbocycles. The topological polar surface area (TPSA) is 298 Å². The van der Waals surface area contributed by atoms with Gasteiger partial charge in [-0.25, -0.2) is 28.9 Å². The molecule has 0 amide bonds. The van der Waals surface area contributed by atoms with Crippen LogP contribution >= 0.6 is 15.6 Å². The van der Waals surface area contributed by atoms with Crippen LogP contribution in [0.2, 0.25) is 0 Å². The Labute approximate surface area is 246 Å². The molecule has 3 unspecified atom stereocenters. The van der Waals surface area contributed by atoms with Crippen LogP contribution in [0, 0.1) is 0 Å². The number of ether oxygens (including phenoxy) is 3. The third kappa shape index (κ3) is 6.98. The number of carbonyl (C=O) groups is 1. The molecule has 4 heterocycles. The number of rotatable bonds is 11. The number of phosphoric acid groups is 2. The van der Waals surface area contributed by atoms with Crippen molar-refractivity contribution < 1.29 is 71.7 Å². The second-order valence-electron chi connectivity index (χ2n) is 9.53. The van der Waals surface area contributed by atoms with E-state index in [1.54, 1.807) is 18.2 Å². The molecule has 0 radical (unpaired) electrons. The lowest BCUT2D eigenvalue weighted by atomic mass is 10.1. The van der Waals surface area contributed by atoms with E-state index in [0.29, 0.717) is 0 Å². The first-order valence-electron chi connectivity index (χ1n) is 12.6. The molecule has 2 fully saturated rings. The summed E-state index contributed by atoms with van der Waals surface area (Å²) in [5.41, 5.74) is 6.20. The second-order valence-corrected chi connectivity index (χ2v) is 12.6. The number of hydrogen-bond donors (Lipinski definition) is 7. The van der Waals surface area contributed by atoms with Gasteiger partial charge < -0.3 is 50.2 Å². The van der Waals surface area contributed by atoms with Gasteiger partial charge in [0.15, 0.2) is 30.1 Å². The first-order chi connectivity index (χ1) is 20.8. The zero-order valence-corrected chi connectivity index (χ0v) is 24.0. The van der Waals surface area contributed by atoms with E-state index in [9.17, 15) is 44.1 Å². The van der Waals surface area contributed by atoms with Crippen LogP contribution in [-0.2, 0) is 36.7 Å². The second kappa shape index (κ2) is 12.8. The van der Waals surface area contributed by atoms with Crippen LogP contribution in [0.3, 0.4) is 0 Å². The largest absolute Gasteiger partial charge is 0.481 e. The molecule has 20 nitrogen and oxygen atoms in total. The van der Waals surface area contributed by atoms with Gasteiger partial charge in [0, 0.05) is 0 Å². The molecule has 22 heteroatoms. The molecule has 44 heavy (non-hydrogen) atoms. The fraction of sp³-hybridized carbons (Fsp3) is 0.455. The molecule has 3 aromatic rings. The number of esters is 1. The molecule has 5 rings (SSSR count). The minimum atomic E-state index is -5.41. The molecule has 2 aliphatic heterocycles. The van der Waals surface area contributed by atoms with Gasteiger partial charge in [-0.1, -0.05) is 18.2 Å². The van der Waals surface area contributed by atoms with Crippen LogP contribution in [0.4, 0.5) is 5.82 Å². The van der Waals surface area contributed by atoms with Gasteiger partial charge in [0.05, 0.1) is 25.1 Å². The first kappa shape index (κ1) is 32.5. The molecule has 0 bridgehead atoms. The van der Waals surface area contributed by atoms with E-state index >= 15 is 0 Å². The maximum absolute atomic E-state index is 12.4. The van der Waals surface area contributed by atoms with E-state index in [-0.39, 0.29) is 22.5 Å². The number of hydrogen-bond acceptors (Lipinski definition) is 17. The van der Waals surface area contributed by atoms with Crippen LogP contribution in [-0.4, -0.2) is 112 Å². The Morgan fingerprint density at radius 3 is 2.25 bits per heavy atom. The van der Waals surface area contributed by atoms with Gasteiger partial charge in [-0.15, -0.1) is 0 Å². The summed E-state index contributed by atoms with van der Waals surface area (Å²) in [6.45, 7) is -1.87. The molecule has 0 aliphatic carbocycles. The number of anilines is 1. The van der Waals surface area contributed by atoms with E-state index in [4.69, 9.17) is 24.5 Å². The van der Waals surface area contributed by atoms with Crippen LogP contribution in [0.15, 0.2) is 43.0 Å². The van der Waals surface area contributed by atoms with Crippen LogP contribution in [0.25, 0.3) is 11.2 Å². The number of nitrogens with two attached hydrogens (primary N) is 1. The molecule has 8 N–H and O–H groups in total. The summed E-state index contributed by atoms with van der Waals surface area (Å²) in [6, 6.07) is 7.59. The Balaban J connectivity index is 1.16. The number of aliphatic hydroxyl groups excluding tert-OH is 4. The van der Waals surface area contributed by atoms with Crippen molar-refractivity contribution in [2.24, 2.45) is 0 Å². The SMILES string of the molecule is Nc1ncnc2c1ncn2[C@@H]1O[C@H](COP(=O)(O)OP(=O)(O)OC[C@H]2OC(O)[C@H](O)[C@@H]2OC(=O)c2ccccc2)[C@@H](O)[C@H]1O. The van der Waals surface area contributed by atoms with Crippen molar-refractivity contribution in [1.29, 1.82) is 0 Å². The summed E-state index contributed by atoms with van der Waals surface area (Å²) in [6.07, 6.45) is -10.3. The lowest BCUT2D eigenvalue weighted by molar-refractivity contribution is -0.132. The highest BCUT2D eigenvalue weighted by molar-refractivity contribution is 7.61. The van der Waals surface area contributed by atoms with E-state index in [1.165, 1.54) is 23.0 Å². The van der Waals surface area contributed by atoms with E-state index in [1.807, 2.05) is 0 Å². The number of nitrogen functional groups attached to an aromatic ring is 1. The zero-order chi connectivity index (χ0) is 31.8. The maximum Gasteiger partial charge on any atom is 0.481 e. The first-order valence-corrected chi connectivity index (χ1v) is 15.6. The minimum absolute atomic E-state index is 0.0475. The van der Waals surface area contributed by atoms with Crippen LogP contribution < -0.4 is 5.73 Å². The Morgan fingerprint density at radius 1 is 0.909 bits per heavy atom. The minimum Gasteiger partial charge on any atom is -0.453 e. The number of nitrogens with zero attached hydrogens (tertiary/aromatic N) is 4. The fourth-order valence-corrected chi connectivity index (χ4v) is 6.52. The third-order valence-corrected chi connectivity index (χ3v) is 9.17. The summed E-state index contributed by atoms with van der Waals surface area (Å²) < 4.78 is 55.5. The Hall–Kier alpha value is -2.94. The number of phosphoric ester groups is 2. The monoisotopic (exact) mass is 663 g/mol. The van der Waals surface area contributed by atoms with Gasteiger partial charge in [0.2, 0.25) is 0 Å².